The third kappa shape index (κ3) is 2.46. The van der Waals surface area contributed by atoms with Crippen molar-refractivity contribution in [3.63, 3.8) is 0 Å². The van der Waals surface area contributed by atoms with E-state index in [0.717, 1.165) is 19.7 Å². The molecular formula is C11H22LrNO-3. The van der Waals surface area contributed by atoms with Gasteiger partial charge in [-0.05, 0) is 13.5 Å². The smallest absolute Gasteiger partial charge is 0.0565 e. The summed E-state index contributed by atoms with van der Waals surface area (Å²) in [5.74, 6) is 1.57. The minimum atomic E-state index is 0. The van der Waals surface area contributed by atoms with Gasteiger partial charge in [0.15, 0.2) is 0 Å². The molecular weight excluding hydrogens is 424 g/mol. The van der Waals surface area contributed by atoms with E-state index in [1.165, 1.54) is 12.8 Å². The predicted molar refractivity (Wildman–Crippen MR) is 57.2 cm³/mol. The average molecular weight is 446 g/mol. The molecule has 0 aliphatic carbocycles. The predicted octanol–water partition coefficient (Wildman–Crippen LogP) is 1.98. The maximum atomic E-state index is 5.64. The molecule has 0 N–H and O–H groups in total. The van der Waals surface area contributed by atoms with Gasteiger partial charge in [0.1, 0.15) is 0 Å². The molecule has 1 unspecified atom stereocenters. The van der Waals surface area contributed by atoms with Crippen molar-refractivity contribution >= 4 is 0 Å². The Morgan fingerprint density at radius 3 is 2.29 bits per heavy atom. The molecule has 1 atom stereocenters. The van der Waals surface area contributed by atoms with Gasteiger partial charge in [-0.15, -0.1) is 13.0 Å². The molecule has 2 rings (SSSR count). The molecule has 0 aromatic rings. The largest absolute Gasteiger partial charge is 0.376 e. The molecule has 0 bridgehead atoms. The monoisotopic (exact) mass is 446 g/mol. The number of piperidine rings is 1. The molecule has 2 nitrogen and oxygen atoms in total. The van der Waals surface area contributed by atoms with Crippen molar-refractivity contribution in [3.8, 4) is 0 Å². The first-order valence-electron chi connectivity index (χ1n) is 4.34. The van der Waals surface area contributed by atoms with Gasteiger partial charge in [-0.2, -0.15) is 6.92 Å². The van der Waals surface area contributed by atoms with E-state index in [0.29, 0.717) is 0 Å². The Bertz CT molecular complexity index is 147. The summed E-state index contributed by atoms with van der Waals surface area (Å²) in [6, 6.07) is 0. The van der Waals surface area contributed by atoms with Crippen LogP contribution in [0.3, 0.4) is 0 Å². The summed E-state index contributed by atoms with van der Waals surface area (Å²) >= 11 is 0. The Hall–Kier alpha value is -1.08. The number of hydrogen-bond acceptors (Lipinski definition) is 2. The molecule has 2 fully saturated rings. The summed E-state index contributed by atoms with van der Waals surface area (Å²) in [6.07, 6.45) is 2.45. The molecule has 2 saturated heterocycles. The zero-order chi connectivity index (χ0) is 7.90. The molecule has 2 heterocycles. The maximum Gasteiger partial charge on any atom is 0.0565 e. The van der Waals surface area contributed by atoms with Gasteiger partial charge in [0.2, 0.25) is 0 Å². The summed E-state index contributed by atoms with van der Waals surface area (Å²) in [4.78, 5) is 2.36. The van der Waals surface area contributed by atoms with Crippen molar-refractivity contribution in [2.75, 3.05) is 26.7 Å². The fraction of sp³-hybridized carbons (Fsp3) is 0.727. The van der Waals surface area contributed by atoms with Crippen molar-refractivity contribution in [2.45, 2.75) is 25.4 Å². The minimum Gasteiger partial charge on any atom is -0.376 e. The van der Waals surface area contributed by atoms with Gasteiger partial charge < -0.3 is 30.4 Å². The first-order valence-corrected chi connectivity index (χ1v) is 4.34. The maximum absolute atomic E-state index is 5.64. The third-order valence-electron chi connectivity index (χ3n) is 2.69. The molecule has 0 aromatic heterocycles. The van der Waals surface area contributed by atoms with Crippen molar-refractivity contribution in [3.05, 3.63) is 20.8 Å². The summed E-state index contributed by atoms with van der Waals surface area (Å²) in [7, 11) is 2.17. The minimum absolute atomic E-state index is 0. The fourth-order valence-electron chi connectivity index (χ4n) is 2.33. The zero-order valence-electron chi connectivity index (χ0n) is 9.65. The zero-order valence-corrected chi connectivity index (χ0v) is 11.8. The van der Waals surface area contributed by atoms with Crippen LogP contribution in [-0.4, -0.2) is 37.2 Å². The number of ether oxygens (including phenoxy) is 1. The molecule has 0 saturated carbocycles. The summed E-state index contributed by atoms with van der Waals surface area (Å²) in [5.41, 5.74) is 0.233. The molecule has 14 heavy (non-hydrogen) atoms. The topological polar surface area (TPSA) is 12.5 Å². The molecule has 2 aliphatic rings. The van der Waals surface area contributed by atoms with Crippen LogP contribution in [0.4, 0.5) is 0 Å². The van der Waals surface area contributed by atoms with E-state index in [1.54, 1.807) is 5.92 Å². The number of likely N-dealkylation sites (N-methyl/N-ethyl adjacent to an activating group) is 1. The summed E-state index contributed by atoms with van der Waals surface area (Å²) in [5, 5.41) is 0. The Morgan fingerprint density at radius 1 is 1.36 bits per heavy atom. The molecule has 1 radical (unpaired) electrons. The molecule has 3 heteroatoms. The number of hydrogen-bond donors (Lipinski definition) is 0. The van der Waals surface area contributed by atoms with Crippen LogP contribution >= 0.6 is 0 Å². The van der Waals surface area contributed by atoms with Crippen LogP contribution in [0.15, 0.2) is 0 Å². The second-order valence-electron chi connectivity index (χ2n) is 4.09. The van der Waals surface area contributed by atoms with Gasteiger partial charge in [-0.1, -0.05) is 0 Å². The molecule has 0 aromatic carbocycles. The van der Waals surface area contributed by atoms with Gasteiger partial charge >= 0.3 is 0 Å². The van der Waals surface area contributed by atoms with E-state index < -0.39 is 0 Å². The molecule has 0 amide bonds. The van der Waals surface area contributed by atoms with E-state index in [1.807, 2.05) is 0 Å². The molecule has 95 valence electrons. The van der Waals surface area contributed by atoms with E-state index >= 15 is 0 Å². The Morgan fingerprint density at radius 2 is 1.93 bits per heavy atom. The van der Waals surface area contributed by atoms with Gasteiger partial charge in [-0.25, -0.2) is 0 Å². The van der Waals surface area contributed by atoms with Crippen LogP contribution in [0.25, 0.3) is 0 Å². The van der Waals surface area contributed by atoms with Crippen molar-refractivity contribution < 1.29 is 4.74 Å². The first-order chi connectivity index (χ1) is 5.20. The normalized spacial score (nSPS) is 32.1. The van der Waals surface area contributed by atoms with Crippen LogP contribution in [-0.2, 0) is 4.74 Å². The van der Waals surface area contributed by atoms with Gasteiger partial charge in [0.05, 0.1) is 5.60 Å². The van der Waals surface area contributed by atoms with Crippen LogP contribution in [0.1, 0.15) is 19.8 Å². The van der Waals surface area contributed by atoms with Crippen LogP contribution in [0.2, 0.25) is 0 Å². The van der Waals surface area contributed by atoms with Crippen molar-refractivity contribution in [2.24, 2.45) is 0 Å². The number of nitrogens with zero attached hydrogens (tertiary/aromatic N) is 1. The number of likely N-dealkylation sites (tertiary alicyclic amines) is 1. The Balaban J connectivity index is 0. The van der Waals surface area contributed by atoms with E-state index in [4.69, 9.17) is 4.74 Å². The Labute approximate surface area is 83.3 Å². The van der Waals surface area contributed by atoms with Gasteiger partial charge in [0.25, 0.3) is 0 Å². The second-order valence-corrected chi connectivity index (χ2v) is 4.09. The third-order valence-corrected chi connectivity index (χ3v) is 2.69. The van der Waals surface area contributed by atoms with E-state index in [2.05, 4.69) is 18.9 Å². The number of rotatable bonds is 0. The van der Waals surface area contributed by atoms with Gasteiger partial charge in [-0.3, -0.25) is 0 Å². The first kappa shape index (κ1) is 15.4. The average Bonchev–Trinajstić information content (AvgIpc) is 1.82. The van der Waals surface area contributed by atoms with Gasteiger partial charge in [0, 0.05) is 13.2 Å². The van der Waals surface area contributed by atoms with Crippen LogP contribution in [0, 0.1) is 20.8 Å². The summed E-state index contributed by atoms with van der Waals surface area (Å²) in [6.45, 7) is 5.50. The molecule has 1 spiro atoms. The van der Waals surface area contributed by atoms with Crippen LogP contribution < -0.4 is 0 Å². The standard InChI is InChI=1S/C9H16NO.2CH3.Lr/c1-8-5-9(3-4-11-9)7-10(2)6-8;;;/h3-7H2,1-2H3;2*1H3;/q3*-1;. The van der Waals surface area contributed by atoms with Crippen molar-refractivity contribution in [1.29, 1.82) is 0 Å². The SMILES string of the molecule is C[C-]1CN(C)CC2(CCO2)C1.[CH3-].[CH3-].[Lr]. The van der Waals surface area contributed by atoms with E-state index in [9.17, 15) is 0 Å². The summed E-state index contributed by atoms with van der Waals surface area (Å²) < 4.78 is 5.64. The van der Waals surface area contributed by atoms with Crippen LogP contribution in [0.5, 0.6) is 0 Å². The second kappa shape index (κ2) is 4.97. The van der Waals surface area contributed by atoms with E-state index in [-0.39, 0.29) is 20.5 Å². The van der Waals surface area contributed by atoms with Crippen molar-refractivity contribution in [1.82, 2.24) is 4.90 Å². The Kier molecular flexibility index (Phi) is 5.46. The quantitative estimate of drug-likeness (QED) is 0.528. The molecule has 2 aliphatic heterocycles. The fourth-order valence-corrected chi connectivity index (χ4v) is 2.33.